The molecule has 0 aliphatic heterocycles. The average molecular weight is 477 g/mol. The van der Waals surface area contributed by atoms with E-state index in [2.05, 4.69) is 21.7 Å². The molecule has 2 aromatic heterocycles. The van der Waals surface area contributed by atoms with Crippen LogP contribution in [-0.4, -0.2) is 36.6 Å². The van der Waals surface area contributed by atoms with Crippen molar-refractivity contribution in [3.05, 3.63) is 78.2 Å². The highest BCUT2D eigenvalue weighted by molar-refractivity contribution is 7.92. The minimum atomic E-state index is -3.68. The number of nitrogens with zero attached hydrogens (tertiary/aromatic N) is 4. The van der Waals surface area contributed by atoms with Crippen molar-refractivity contribution in [1.82, 2.24) is 14.5 Å². The number of anilines is 1. The third kappa shape index (κ3) is 4.50. The van der Waals surface area contributed by atoms with E-state index in [1.54, 1.807) is 43.6 Å². The highest BCUT2D eigenvalue weighted by atomic mass is 32.2. The van der Waals surface area contributed by atoms with Gasteiger partial charge in [0.1, 0.15) is 17.1 Å². The summed E-state index contributed by atoms with van der Waals surface area (Å²) in [5.74, 6) is 2.44. The van der Waals surface area contributed by atoms with Gasteiger partial charge in [0.15, 0.2) is 5.65 Å². The first-order chi connectivity index (χ1) is 16.5. The lowest BCUT2D eigenvalue weighted by Crippen LogP contribution is -2.26. The van der Waals surface area contributed by atoms with Gasteiger partial charge in [0, 0.05) is 20.0 Å². The molecular weight excluding hydrogens is 448 g/mol. The van der Waals surface area contributed by atoms with Gasteiger partial charge in [-0.15, -0.1) is 0 Å². The van der Waals surface area contributed by atoms with Crippen molar-refractivity contribution in [3.63, 3.8) is 0 Å². The van der Waals surface area contributed by atoms with Crippen LogP contribution in [0.15, 0.2) is 71.8 Å². The largest absolute Gasteiger partial charge is 0.494 e. The summed E-state index contributed by atoms with van der Waals surface area (Å²) in [5, 5.41) is 0. The third-order valence-electron chi connectivity index (χ3n) is 6.15. The third-order valence-corrected chi connectivity index (χ3v) is 7.95. The quantitative estimate of drug-likeness (QED) is 0.351. The van der Waals surface area contributed by atoms with E-state index in [1.807, 2.05) is 25.1 Å². The Morgan fingerprint density at radius 2 is 1.82 bits per heavy atom. The van der Waals surface area contributed by atoms with E-state index in [9.17, 15) is 8.42 Å². The van der Waals surface area contributed by atoms with Gasteiger partial charge in [-0.3, -0.25) is 4.31 Å². The van der Waals surface area contributed by atoms with Crippen LogP contribution in [0, 0.1) is 5.92 Å². The lowest BCUT2D eigenvalue weighted by Gasteiger charge is -2.19. The number of pyridine rings is 1. The van der Waals surface area contributed by atoms with Crippen molar-refractivity contribution in [2.45, 2.75) is 37.6 Å². The van der Waals surface area contributed by atoms with Gasteiger partial charge in [-0.05, 0) is 61.6 Å². The minimum absolute atomic E-state index is 0.244. The van der Waals surface area contributed by atoms with Crippen molar-refractivity contribution in [3.8, 4) is 5.75 Å². The molecule has 2 aromatic carbocycles. The van der Waals surface area contributed by atoms with Crippen LogP contribution in [0.4, 0.5) is 5.69 Å². The maximum atomic E-state index is 13.1. The zero-order chi connectivity index (χ0) is 23.7. The summed E-state index contributed by atoms with van der Waals surface area (Å²) in [5.41, 5.74) is 3.12. The van der Waals surface area contributed by atoms with Gasteiger partial charge in [-0.1, -0.05) is 30.3 Å². The second kappa shape index (κ2) is 9.10. The number of hydrogen-bond donors (Lipinski definition) is 0. The fraction of sp³-hybridized carbons (Fsp3) is 0.308. The van der Waals surface area contributed by atoms with Crippen LogP contribution in [0.3, 0.4) is 0 Å². The van der Waals surface area contributed by atoms with Crippen LogP contribution in [0.5, 0.6) is 5.75 Å². The minimum Gasteiger partial charge on any atom is -0.494 e. The molecule has 5 rings (SSSR count). The standard InChI is InChI=1S/C26H28N4O3S/c1-3-33-22-13-11-19(12-14-22)15-25-28-24-16-21(17-27-26(24)30(25)18-20-9-10-20)29(2)34(31,32)23-7-5-4-6-8-23/h4-8,11-14,16-17,20H,3,9-10,15,18H2,1-2H3. The van der Waals surface area contributed by atoms with Gasteiger partial charge in [-0.2, -0.15) is 0 Å². The number of hydrogen-bond acceptors (Lipinski definition) is 5. The molecule has 0 radical (unpaired) electrons. The molecule has 1 saturated carbocycles. The maximum Gasteiger partial charge on any atom is 0.264 e. The Balaban J connectivity index is 1.48. The number of rotatable bonds is 9. The molecular formula is C26H28N4O3S. The summed E-state index contributed by atoms with van der Waals surface area (Å²) in [6, 6.07) is 18.3. The topological polar surface area (TPSA) is 77.3 Å². The monoisotopic (exact) mass is 476 g/mol. The highest BCUT2D eigenvalue weighted by Crippen LogP contribution is 2.33. The Morgan fingerprint density at radius 1 is 1.09 bits per heavy atom. The Hall–Kier alpha value is -3.39. The van der Waals surface area contributed by atoms with Crippen molar-refractivity contribution in [1.29, 1.82) is 0 Å². The van der Waals surface area contributed by atoms with Gasteiger partial charge >= 0.3 is 0 Å². The predicted octanol–water partition coefficient (Wildman–Crippen LogP) is 4.66. The molecule has 1 aliphatic carbocycles. The molecule has 0 amide bonds. The van der Waals surface area contributed by atoms with E-state index in [0.29, 0.717) is 30.1 Å². The Bertz CT molecular complexity index is 1400. The van der Waals surface area contributed by atoms with Crippen molar-refractivity contribution in [2.75, 3.05) is 18.0 Å². The van der Waals surface area contributed by atoms with Crippen molar-refractivity contribution in [2.24, 2.45) is 5.92 Å². The summed E-state index contributed by atoms with van der Waals surface area (Å²) in [7, 11) is -2.13. The van der Waals surface area contributed by atoms with E-state index < -0.39 is 10.0 Å². The van der Waals surface area contributed by atoms with Gasteiger partial charge in [0.2, 0.25) is 0 Å². The molecule has 0 spiro atoms. The van der Waals surface area contributed by atoms with E-state index in [4.69, 9.17) is 9.72 Å². The van der Waals surface area contributed by atoms with Crippen LogP contribution >= 0.6 is 0 Å². The molecule has 176 valence electrons. The normalized spacial score (nSPS) is 13.8. The Kier molecular flexibility index (Phi) is 6.00. The number of benzene rings is 2. The summed E-state index contributed by atoms with van der Waals surface area (Å²) in [4.78, 5) is 9.80. The SMILES string of the molecule is CCOc1ccc(Cc2nc3cc(N(C)S(=O)(=O)c4ccccc4)cnc3n2CC2CC2)cc1. The lowest BCUT2D eigenvalue weighted by atomic mass is 10.1. The summed E-state index contributed by atoms with van der Waals surface area (Å²) in [6.07, 6.45) is 4.73. The zero-order valence-corrected chi connectivity index (χ0v) is 20.2. The van der Waals surface area contributed by atoms with Crippen molar-refractivity contribution < 1.29 is 13.2 Å². The smallest absolute Gasteiger partial charge is 0.264 e. The van der Waals surface area contributed by atoms with Crippen LogP contribution < -0.4 is 9.04 Å². The number of sulfonamides is 1. The lowest BCUT2D eigenvalue weighted by molar-refractivity contribution is 0.340. The molecule has 0 unspecified atom stereocenters. The number of fused-ring (bicyclic) bond motifs is 1. The summed E-state index contributed by atoms with van der Waals surface area (Å²) >= 11 is 0. The van der Waals surface area contributed by atoms with Gasteiger partial charge < -0.3 is 9.30 Å². The molecule has 1 aliphatic rings. The number of aromatic nitrogens is 3. The predicted molar refractivity (Wildman–Crippen MR) is 133 cm³/mol. The highest BCUT2D eigenvalue weighted by Gasteiger charge is 2.26. The maximum absolute atomic E-state index is 13.1. The average Bonchev–Trinajstić information content (AvgIpc) is 3.62. The van der Waals surface area contributed by atoms with Gasteiger partial charge in [-0.25, -0.2) is 18.4 Å². The van der Waals surface area contributed by atoms with Crippen LogP contribution in [0.25, 0.3) is 11.2 Å². The van der Waals surface area contributed by atoms with Gasteiger partial charge in [0.25, 0.3) is 10.0 Å². The number of imidazole rings is 1. The first-order valence-corrected chi connectivity index (χ1v) is 13.0. The first kappa shape index (κ1) is 22.4. The zero-order valence-electron chi connectivity index (χ0n) is 19.4. The Labute approximate surface area is 200 Å². The van der Waals surface area contributed by atoms with E-state index >= 15 is 0 Å². The molecule has 1 fully saturated rings. The first-order valence-electron chi connectivity index (χ1n) is 11.6. The second-order valence-electron chi connectivity index (χ2n) is 8.66. The molecule has 2 heterocycles. The molecule has 8 heteroatoms. The van der Waals surface area contributed by atoms with E-state index in [0.717, 1.165) is 29.3 Å². The van der Waals surface area contributed by atoms with E-state index in [1.165, 1.54) is 17.1 Å². The van der Waals surface area contributed by atoms with E-state index in [-0.39, 0.29) is 4.90 Å². The molecule has 0 bridgehead atoms. The molecule has 0 saturated heterocycles. The van der Waals surface area contributed by atoms with Crippen molar-refractivity contribution >= 4 is 26.9 Å². The fourth-order valence-electron chi connectivity index (χ4n) is 4.05. The fourth-order valence-corrected chi connectivity index (χ4v) is 5.24. The van der Waals surface area contributed by atoms with Crippen LogP contribution in [0.2, 0.25) is 0 Å². The number of ether oxygens (including phenoxy) is 1. The molecule has 0 N–H and O–H groups in total. The second-order valence-corrected chi connectivity index (χ2v) is 10.6. The van der Waals surface area contributed by atoms with Crippen LogP contribution in [0.1, 0.15) is 31.2 Å². The summed E-state index contributed by atoms with van der Waals surface area (Å²) < 4.78 is 35.2. The summed E-state index contributed by atoms with van der Waals surface area (Å²) in [6.45, 7) is 3.49. The van der Waals surface area contributed by atoms with Crippen LogP contribution in [-0.2, 0) is 23.0 Å². The molecule has 4 aromatic rings. The Morgan fingerprint density at radius 3 is 2.50 bits per heavy atom. The van der Waals surface area contributed by atoms with Gasteiger partial charge in [0.05, 0.1) is 23.4 Å². The molecule has 34 heavy (non-hydrogen) atoms. The molecule has 7 nitrogen and oxygen atoms in total. The molecule has 0 atom stereocenters.